The summed E-state index contributed by atoms with van der Waals surface area (Å²) in [4.78, 5) is 34.4. The molecule has 0 fully saturated rings. The van der Waals surface area contributed by atoms with Crippen LogP contribution in [-0.2, 0) is 11.3 Å². The molecule has 1 heterocycles. The molecule has 0 aliphatic carbocycles. The standard InChI is InChI=1S/C14H14N4O4S/c1-9(19)16-11-4-3-10(7-13(11)23-2)12(20)8-17-14(18(21)22)5-6-15-17/h3-7H,8H2,1-2H3,(H,16,19). The summed E-state index contributed by atoms with van der Waals surface area (Å²) >= 11 is 1.39. The van der Waals surface area contributed by atoms with Gasteiger partial charge in [0.25, 0.3) is 0 Å². The number of aromatic nitrogens is 2. The van der Waals surface area contributed by atoms with Gasteiger partial charge in [0.15, 0.2) is 6.54 Å². The fourth-order valence-electron chi connectivity index (χ4n) is 1.99. The minimum atomic E-state index is -0.590. The minimum Gasteiger partial charge on any atom is -0.358 e. The van der Waals surface area contributed by atoms with Gasteiger partial charge >= 0.3 is 5.82 Å². The van der Waals surface area contributed by atoms with Gasteiger partial charge in [-0.1, -0.05) is 5.10 Å². The van der Waals surface area contributed by atoms with Crippen LogP contribution >= 0.6 is 11.8 Å². The maximum Gasteiger partial charge on any atom is 0.345 e. The molecule has 1 aromatic carbocycles. The molecule has 0 spiro atoms. The molecule has 2 rings (SSSR count). The number of Topliss-reactive ketones (excluding diaryl/α,β-unsaturated/α-hetero) is 1. The number of hydrogen-bond acceptors (Lipinski definition) is 6. The number of ketones is 1. The molecule has 0 radical (unpaired) electrons. The van der Waals surface area contributed by atoms with E-state index in [1.54, 1.807) is 18.2 Å². The number of hydrogen-bond donors (Lipinski definition) is 1. The van der Waals surface area contributed by atoms with Crippen molar-refractivity contribution >= 4 is 35.0 Å². The molecule has 1 amide bonds. The smallest absolute Gasteiger partial charge is 0.345 e. The number of benzene rings is 1. The Hall–Kier alpha value is -2.68. The minimum absolute atomic E-state index is 0.202. The third-order valence-electron chi connectivity index (χ3n) is 3.01. The molecule has 2 aromatic rings. The first-order valence-electron chi connectivity index (χ1n) is 6.57. The second kappa shape index (κ2) is 7.05. The van der Waals surface area contributed by atoms with Gasteiger partial charge in [-0.2, -0.15) is 0 Å². The van der Waals surface area contributed by atoms with Crippen LogP contribution in [0.3, 0.4) is 0 Å². The lowest BCUT2D eigenvalue weighted by atomic mass is 10.1. The number of anilines is 1. The third-order valence-corrected chi connectivity index (χ3v) is 3.79. The van der Waals surface area contributed by atoms with E-state index in [9.17, 15) is 19.7 Å². The molecule has 0 aliphatic heterocycles. The number of rotatable bonds is 6. The lowest BCUT2D eigenvalue weighted by molar-refractivity contribution is -0.392. The summed E-state index contributed by atoms with van der Waals surface area (Å²) in [5.41, 5.74) is 1.01. The van der Waals surface area contributed by atoms with E-state index in [1.165, 1.54) is 30.9 Å². The summed E-state index contributed by atoms with van der Waals surface area (Å²) in [6.45, 7) is 1.18. The van der Waals surface area contributed by atoms with Crippen LogP contribution in [0.2, 0.25) is 0 Å². The summed E-state index contributed by atoms with van der Waals surface area (Å²) in [6, 6.07) is 6.09. The zero-order valence-electron chi connectivity index (χ0n) is 12.5. The highest BCUT2D eigenvalue weighted by atomic mass is 32.2. The number of amides is 1. The second-order valence-corrected chi connectivity index (χ2v) is 5.47. The summed E-state index contributed by atoms with van der Waals surface area (Å²) in [6.07, 6.45) is 3.10. The third kappa shape index (κ3) is 3.95. The summed E-state index contributed by atoms with van der Waals surface area (Å²) in [5.74, 6) is -0.744. The predicted molar refractivity (Wildman–Crippen MR) is 85.7 cm³/mol. The van der Waals surface area contributed by atoms with E-state index in [2.05, 4.69) is 10.4 Å². The Balaban J connectivity index is 2.24. The highest BCUT2D eigenvalue weighted by Gasteiger charge is 2.19. The highest BCUT2D eigenvalue weighted by Crippen LogP contribution is 2.27. The number of thioether (sulfide) groups is 1. The van der Waals surface area contributed by atoms with Crippen LogP contribution in [-0.4, -0.2) is 32.6 Å². The van der Waals surface area contributed by atoms with Gasteiger partial charge in [0.05, 0.1) is 18.0 Å². The molecule has 0 unspecified atom stereocenters. The number of nitrogens with one attached hydrogen (secondary N) is 1. The monoisotopic (exact) mass is 334 g/mol. The first-order chi connectivity index (χ1) is 10.9. The molecule has 0 saturated carbocycles. The van der Waals surface area contributed by atoms with Crippen molar-refractivity contribution in [1.82, 2.24) is 9.78 Å². The van der Waals surface area contributed by atoms with Crippen LogP contribution in [0.1, 0.15) is 17.3 Å². The lowest BCUT2D eigenvalue weighted by Crippen LogP contribution is -2.14. The second-order valence-electron chi connectivity index (χ2n) is 4.62. The molecule has 8 nitrogen and oxygen atoms in total. The van der Waals surface area contributed by atoms with Crippen molar-refractivity contribution in [3.05, 3.63) is 46.1 Å². The summed E-state index contributed by atoms with van der Waals surface area (Å²) < 4.78 is 1.04. The Morgan fingerprint density at radius 3 is 2.74 bits per heavy atom. The Kier molecular flexibility index (Phi) is 5.12. The van der Waals surface area contributed by atoms with E-state index in [0.717, 1.165) is 9.58 Å². The number of nitro groups is 1. The fraction of sp³-hybridized carbons (Fsp3) is 0.214. The molecule has 0 atom stereocenters. The van der Waals surface area contributed by atoms with Crippen LogP contribution in [0, 0.1) is 10.1 Å². The lowest BCUT2D eigenvalue weighted by Gasteiger charge is -2.09. The average Bonchev–Trinajstić information content (AvgIpc) is 2.95. The van der Waals surface area contributed by atoms with E-state index >= 15 is 0 Å². The van der Waals surface area contributed by atoms with Crippen molar-refractivity contribution in [2.45, 2.75) is 18.4 Å². The van der Waals surface area contributed by atoms with Crippen molar-refractivity contribution in [3.8, 4) is 0 Å². The molecule has 120 valence electrons. The van der Waals surface area contributed by atoms with Crippen LogP contribution in [0.5, 0.6) is 0 Å². The van der Waals surface area contributed by atoms with Gasteiger partial charge in [0.1, 0.15) is 0 Å². The quantitative estimate of drug-likeness (QED) is 0.376. The Morgan fingerprint density at radius 1 is 1.39 bits per heavy atom. The summed E-state index contributed by atoms with van der Waals surface area (Å²) in [7, 11) is 0. The van der Waals surface area contributed by atoms with Crippen molar-refractivity contribution < 1.29 is 14.5 Å². The first kappa shape index (κ1) is 16.7. The van der Waals surface area contributed by atoms with E-state index in [4.69, 9.17) is 0 Å². The highest BCUT2D eigenvalue weighted by molar-refractivity contribution is 7.98. The molecule has 0 bridgehead atoms. The maximum atomic E-state index is 12.3. The van der Waals surface area contributed by atoms with Gasteiger partial charge in [0, 0.05) is 17.4 Å². The fourth-order valence-corrected chi connectivity index (χ4v) is 2.57. The molecule has 9 heteroatoms. The van der Waals surface area contributed by atoms with Gasteiger partial charge in [-0.15, -0.1) is 16.4 Å². The molecular weight excluding hydrogens is 320 g/mol. The zero-order valence-corrected chi connectivity index (χ0v) is 13.3. The molecule has 0 saturated heterocycles. The van der Waals surface area contributed by atoms with Crippen LogP contribution < -0.4 is 5.32 Å². The van der Waals surface area contributed by atoms with Gasteiger partial charge in [-0.05, 0) is 29.4 Å². The SMILES string of the molecule is CSc1cc(C(=O)Cn2nccc2[N+](=O)[O-])ccc1NC(C)=O. The van der Waals surface area contributed by atoms with Gasteiger partial charge < -0.3 is 15.4 Å². The van der Waals surface area contributed by atoms with Gasteiger partial charge in [-0.25, -0.2) is 0 Å². The Bertz CT molecular complexity index is 772. The van der Waals surface area contributed by atoms with E-state index in [1.807, 2.05) is 6.26 Å². The largest absolute Gasteiger partial charge is 0.358 e. The molecule has 23 heavy (non-hydrogen) atoms. The van der Waals surface area contributed by atoms with Crippen molar-refractivity contribution in [2.75, 3.05) is 11.6 Å². The normalized spacial score (nSPS) is 10.3. The van der Waals surface area contributed by atoms with Crippen molar-refractivity contribution in [1.29, 1.82) is 0 Å². The first-order valence-corrected chi connectivity index (χ1v) is 7.80. The topological polar surface area (TPSA) is 107 Å². The van der Waals surface area contributed by atoms with Gasteiger partial charge in [-0.3, -0.25) is 9.59 Å². The molecule has 1 N–H and O–H groups in total. The van der Waals surface area contributed by atoms with E-state index in [0.29, 0.717) is 11.3 Å². The molecular formula is C14H14N4O4S. The summed E-state index contributed by atoms with van der Waals surface area (Å²) in [5, 5.41) is 17.3. The number of nitrogens with zero attached hydrogens (tertiary/aromatic N) is 3. The Labute approximate surface area is 136 Å². The zero-order chi connectivity index (χ0) is 17.0. The van der Waals surface area contributed by atoms with E-state index < -0.39 is 4.92 Å². The molecule has 1 aromatic heterocycles. The van der Waals surface area contributed by atoms with Crippen molar-refractivity contribution in [3.63, 3.8) is 0 Å². The number of carbonyl (C=O) groups is 2. The van der Waals surface area contributed by atoms with E-state index in [-0.39, 0.29) is 24.1 Å². The van der Waals surface area contributed by atoms with Crippen molar-refractivity contribution in [2.24, 2.45) is 0 Å². The predicted octanol–water partition coefficient (Wildman–Crippen LogP) is 2.35. The number of carbonyl (C=O) groups excluding carboxylic acids is 2. The van der Waals surface area contributed by atoms with Crippen LogP contribution in [0.4, 0.5) is 11.5 Å². The Morgan fingerprint density at radius 2 is 2.13 bits per heavy atom. The molecule has 0 aliphatic rings. The maximum absolute atomic E-state index is 12.3. The van der Waals surface area contributed by atoms with Crippen LogP contribution in [0.25, 0.3) is 0 Å². The van der Waals surface area contributed by atoms with Gasteiger partial charge in [0.2, 0.25) is 11.7 Å². The van der Waals surface area contributed by atoms with Crippen LogP contribution in [0.15, 0.2) is 35.4 Å². The average molecular weight is 334 g/mol.